The smallest absolute Gasteiger partial charge is 0.232 e. The van der Waals surface area contributed by atoms with E-state index in [4.69, 9.17) is 16.3 Å². The molecule has 0 radical (unpaired) electrons. The number of anilines is 6. The predicted octanol–water partition coefficient (Wildman–Crippen LogP) is 4.98. The van der Waals surface area contributed by atoms with Crippen molar-refractivity contribution < 1.29 is 13.2 Å². The molecule has 0 unspecified atom stereocenters. The highest BCUT2D eigenvalue weighted by molar-refractivity contribution is 7.99. The van der Waals surface area contributed by atoms with Gasteiger partial charge in [0.25, 0.3) is 0 Å². The summed E-state index contributed by atoms with van der Waals surface area (Å²) in [6.07, 6.45) is 6.46. The first-order valence-electron chi connectivity index (χ1n) is 12.8. The maximum Gasteiger partial charge on any atom is 0.232 e. The van der Waals surface area contributed by atoms with Crippen LogP contribution in [0.5, 0.6) is 5.75 Å². The van der Waals surface area contributed by atoms with Crippen LogP contribution in [0.25, 0.3) is 11.1 Å². The molecule has 0 saturated carbocycles. The topological polar surface area (TPSA) is 118 Å². The summed E-state index contributed by atoms with van der Waals surface area (Å²) in [5, 5.41) is 11.1. The zero-order valence-electron chi connectivity index (χ0n) is 23.1. The van der Waals surface area contributed by atoms with Gasteiger partial charge >= 0.3 is 0 Å². The molecule has 1 aliphatic rings. The lowest BCUT2D eigenvalue weighted by molar-refractivity contribution is 0.417. The van der Waals surface area contributed by atoms with E-state index in [1.807, 2.05) is 43.3 Å². The number of aryl methyl sites for hydroxylation is 1. The van der Waals surface area contributed by atoms with Crippen LogP contribution in [0.15, 0.2) is 55.0 Å². The average molecular weight is 615 g/mol. The second kappa shape index (κ2) is 12.0. The first kappa shape index (κ1) is 28.8. The van der Waals surface area contributed by atoms with E-state index in [0.29, 0.717) is 28.6 Å². The van der Waals surface area contributed by atoms with E-state index in [9.17, 15) is 8.42 Å². The van der Waals surface area contributed by atoms with Gasteiger partial charge in [0.2, 0.25) is 16.0 Å². The van der Waals surface area contributed by atoms with Gasteiger partial charge in [0.15, 0.2) is 5.82 Å². The van der Waals surface area contributed by atoms with Crippen molar-refractivity contribution in [2.45, 2.75) is 0 Å². The molecule has 41 heavy (non-hydrogen) atoms. The Morgan fingerprint density at radius 1 is 1.10 bits per heavy atom. The summed E-state index contributed by atoms with van der Waals surface area (Å²) < 4.78 is 33.1. The molecule has 5 rings (SSSR count). The van der Waals surface area contributed by atoms with Crippen LogP contribution < -0.4 is 24.6 Å². The van der Waals surface area contributed by atoms with Crippen LogP contribution in [0.4, 0.5) is 34.5 Å². The number of thioether (sulfide) groups is 1. The summed E-state index contributed by atoms with van der Waals surface area (Å²) in [4.78, 5) is 11.4. The van der Waals surface area contributed by atoms with Gasteiger partial charge in [0.1, 0.15) is 10.8 Å². The summed E-state index contributed by atoms with van der Waals surface area (Å²) >= 11 is 8.41. The Morgan fingerprint density at radius 3 is 2.54 bits per heavy atom. The van der Waals surface area contributed by atoms with Crippen LogP contribution in [-0.4, -0.2) is 73.2 Å². The van der Waals surface area contributed by atoms with Gasteiger partial charge in [-0.2, -0.15) is 21.8 Å². The summed E-state index contributed by atoms with van der Waals surface area (Å²) in [6, 6.07) is 11.1. The number of sulfonamides is 1. The highest BCUT2D eigenvalue weighted by Crippen LogP contribution is 2.41. The maximum absolute atomic E-state index is 12.2. The summed E-state index contributed by atoms with van der Waals surface area (Å²) in [6.45, 7) is 1.89. The number of nitrogens with zero attached hydrogens (tertiary/aromatic N) is 6. The first-order valence-corrected chi connectivity index (χ1v) is 16.2. The van der Waals surface area contributed by atoms with Crippen molar-refractivity contribution in [2.75, 3.05) is 64.8 Å². The molecule has 0 bridgehead atoms. The second-order valence-electron chi connectivity index (χ2n) is 9.46. The van der Waals surface area contributed by atoms with Crippen molar-refractivity contribution in [1.82, 2.24) is 19.7 Å². The van der Waals surface area contributed by atoms with Gasteiger partial charge in [0.05, 0.1) is 42.8 Å². The van der Waals surface area contributed by atoms with Crippen LogP contribution in [-0.2, 0) is 17.1 Å². The molecule has 3 heterocycles. The Balaban J connectivity index is 1.50. The molecule has 11 nitrogen and oxygen atoms in total. The Labute approximate surface area is 248 Å². The lowest BCUT2D eigenvalue weighted by Gasteiger charge is -2.31. The van der Waals surface area contributed by atoms with Crippen molar-refractivity contribution in [3.63, 3.8) is 0 Å². The molecular formula is C27H31ClN8O3S2. The Morgan fingerprint density at radius 2 is 1.85 bits per heavy atom. The quantitative estimate of drug-likeness (QED) is 0.267. The standard InChI is InChI=1S/C27H31ClN8O3S2/c1-34-17-18(15-30-34)19-13-22(25(39-3)14-24(19)36-9-11-40-12-10-36)32-27-29-16-20(28)26(33-27)31-21-7-5-6-8-23(21)35(2)41(4,37)38/h5-8,13-17H,9-12H2,1-4H3,(H2,29,31,32,33). The number of aromatic nitrogens is 4. The van der Waals surface area contributed by atoms with E-state index in [2.05, 4.69) is 30.6 Å². The third-order valence-electron chi connectivity index (χ3n) is 6.67. The molecule has 1 saturated heterocycles. The Bertz CT molecular complexity index is 1660. The largest absolute Gasteiger partial charge is 0.494 e. The molecule has 1 aliphatic heterocycles. The van der Waals surface area contributed by atoms with Crippen LogP contribution in [0.2, 0.25) is 5.02 Å². The fraction of sp³-hybridized carbons (Fsp3) is 0.296. The molecule has 2 N–H and O–H groups in total. The van der Waals surface area contributed by atoms with Crippen molar-refractivity contribution in [3.05, 3.63) is 60.0 Å². The van der Waals surface area contributed by atoms with Crippen molar-refractivity contribution >= 4 is 67.9 Å². The molecule has 1 fully saturated rings. The molecule has 216 valence electrons. The zero-order valence-corrected chi connectivity index (χ0v) is 25.5. The molecule has 0 atom stereocenters. The van der Waals surface area contributed by atoms with E-state index in [1.165, 1.54) is 17.5 Å². The van der Waals surface area contributed by atoms with E-state index < -0.39 is 10.0 Å². The minimum absolute atomic E-state index is 0.272. The maximum atomic E-state index is 12.2. The van der Waals surface area contributed by atoms with Crippen molar-refractivity contribution in [2.24, 2.45) is 7.05 Å². The van der Waals surface area contributed by atoms with Gasteiger partial charge in [-0.1, -0.05) is 23.7 Å². The third kappa shape index (κ3) is 6.47. The van der Waals surface area contributed by atoms with Gasteiger partial charge in [-0.15, -0.1) is 0 Å². The molecular weight excluding hydrogens is 584 g/mol. The summed E-state index contributed by atoms with van der Waals surface area (Å²) in [7, 11) is 1.53. The molecule has 0 amide bonds. The van der Waals surface area contributed by atoms with Gasteiger partial charge in [-0.05, 0) is 18.2 Å². The monoisotopic (exact) mass is 614 g/mol. The Kier molecular flexibility index (Phi) is 8.47. The van der Waals surface area contributed by atoms with Gasteiger partial charge in [-0.3, -0.25) is 8.99 Å². The molecule has 0 aliphatic carbocycles. The highest BCUT2D eigenvalue weighted by Gasteiger charge is 2.21. The molecule has 4 aromatic rings. The van der Waals surface area contributed by atoms with Gasteiger partial charge in [-0.25, -0.2) is 13.4 Å². The normalized spacial score (nSPS) is 13.6. The number of hydrogen-bond donors (Lipinski definition) is 2. The third-order valence-corrected chi connectivity index (χ3v) is 9.08. The van der Waals surface area contributed by atoms with E-state index in [1.54, 1.807) is 36.1 Å². The number of hydrogen-bond acceptors (Lipinski definition) is 10. The van der Waals surface area contributed by atoms with Crippen LogP contribution in [0, 0.1) is 0 Å². The van der Waals surface area contributed by atoms with Crippen molar-refractivity contribution in [3.8, 4) is 16.9 Å². The molecule has 2 aromatic carbocycles. The lowest BCUT2D eigenvalue weighted by Crippen LogP contribution is -2.32. The SMILES string of the molecule is COc1cc(N2CCSCC2)c(-c2cnn(C)c2)cc1Nc1ncc(Cl)c(Nc2ccccc2N(C)S(C)(=O)=O)n1. The zero-order chi connectivity index (χ0) is 29.1. The fourth-order valence-corrected chi connectivity index (χ4v) is 6.05. The van der Waals surface area contributed by atoms with Gasteiger partial charge in [0, 0.05) is 67.8 Å². The second-order valence-corrected chi connectivity index (χ2v) is 13.1. The minimum atomic E-state index is -3.48. The number of ether oxygens (including phenoxy) is 1. The van der Waals surface area contributed by atoms with Gasteiger partial charge < -0.3 is 20.3 Å². The van der Waals surface area contributed by atoms with Crippen LogP contribution >= 0.6 is 23.4 Å². The number of methoxy groups -OCH3 is 1. The summed E-state index contributed by atoms with van der Waals surface area (Å²) in [5.41, 5.74) is 4.72. The molecule has 0 spiro atoms. The van der Waals surface area contributed by atoms with Crippen LogP contribution in [0.1, 0.15) is 0 Å². The lowest BCUT2D eigenvalue weighted by atomic mass is 10.0. The molecule has 2 aromatic heterocycles. The first-order chi connectivity index (χ1) is 19.6. The number of halogens is 1. The van der Waals surface area contributed by atoms with E-state index in [0.717, 1.165) is 47.7 Å². The van der Waals surface area contributed by atoms with Crippen LogP contribution in [0.3, 0.4) is 0 Å². The highest BCUT2D eigenvalue weighted by atomic mass is 35.5. The Hall–Kier alpha value is -3.68. The number of para-hydroxylation sites is 2. The number of benzene rings is 2. The van der Waals surface area contributed by atoms with E-state index >= 15 is 0 Å². The summed E-state index contributed by atoms with van der Waals surface area (Å²) in [5.74, 6) is 3.35. The van der Waals surface area contributed by atoms with Crippen molar-refractivity contribution in [1.29, 1.82) is 0 Å². The number of nitrogens with one attached hydrogen (secondary N) is 2. The fourth-order valence-electron chi connectivity index (χ4n) is 4.49. The minimum Gasteiger partial charge on any atom is -0.494 e. The number of rotatable bonds is 9. The predicted molar refractivity (Wildman–Crippen MR) is 168 cm³/mol. The molecule has 14 heteroatoms. The average Bonchev–Trinajstić information content (AvgIpc) is 3.40. The van der Waals surface area contributed by atoms with E-state index in [-0.39, 0.29) is 11.0 Å².